The van der Waals surface area contributed by atoms with Gasteiger partial charge in [0, 0.05) is 62.4 Å². The molecule has 2 aromatic rings. The van der Waals surface area contributed by atoms with Crippen LogP contribution in [-0.2, 0) is 4.79 Å². The average molecular weight is 548 g/mol. The third-order valence-corrected chi connectivity index (χ3v) is 6.61. The second kappa shape index (κ2) is 14.3. The highest BCUT2D eigenvalue weighted by molar-refractivity contribution is 6.07. The van der Waals surface area contributed by atoms with Crippen molar-refractivity contribution in [3.8, 4) is 0 Å². The van der Waals surface area contributed by atoms with Crippen LogP contribution < -0.4 is 25.9 Å². The molecule has 1 saturated heterocycles. The Balaban J connectivity index is 1.86. The molecule has 4 N–H and O–H groups in total. The fourth-order valence-corrected chi connectivity index (χ4v) is 4.61. The quantitative estimate of drug-likeness (QED) is 0.0789. The predicted molar refractivity (Wildman–Crippen MR) is 162 cm³/mol. The molecule has 1 aromatic carbocycles. The highest BCUT2D eigenvalue weighted by Gasteiger charge is 2.22. The molecule has 1 aliphatic rings. The number of hydrogen-bond donors (Lipinski definition) is 4. The lowest BCUT2D eigenvalue weighted by Gasteiger charge is -2.34. The van der Waals surface area contributed by atoms with Crippen LogP contribution in [0.25, 0.3) is 0 Å². The van der Waals surface area contributed by atoms with Gasteiger partial charge in [-0.05, 0) is 70.5 Å². The van der Waals surface area contributed by atoms with Crippen molar-refractivity contribution in [1.82, 2.24) is 25.6 Å². The van der Waals surface area contributed by atoms with Gasteiger partial charge in [-0.1, -0.05) is 6.08 Å². The number of hydrazine groups is 1. The second-order valence-electron chi connectivity index (χ2n) is 10.1. The first kappa shape index (κ1) is 30.5. The first-order chi connectivity index (χ1) is 19.2. The SMILES string of the molecule is C=CCN(C)N(C(=N)/C=C\C(=O)NC(C)C)c1nc(Nc2ccc(N3CCC(NC)CC3)c(C)c2)ncc1C=O. The Morgan fingerprint density at radius 3 is 2.60 bits per heavy atom. The monoisotopic (exact) mass is 547 g/mol. The highest BCUT2D eigenvalue weighted by Crippen LogP contribution is 2.28. The maximum absolute atomic E-state index is 12.1. The number of carbonyl (C=O) groups excluding carboxylic acids is 2. The van der Waals surface area contributed by atoms with E-state index in [4.69, 9.17) is 5.41 Å². The van der Waals surface area contributed by atoms with Crippen molar-refractivity contribution in [2.24, 2.45) is 0 Å². The standard InChI is InChI=1S/C29H41N9O2/c1-7-14-36(6)38(26(30)10-11-27(40)33-20(2)3)28-22(19-39)18-32-29(35-28)34-24-8-9-25(21(4)17-24)37-15-12-23(31-5)13-16-37/h7-11,17-20,23,30-31H,1,12-16H2,2-6H3,(H,33,40)(H,32,34,35)/b11-10-,30-26?. The molecule has 214 valence electrons. The molecule has 11 nitrogen and oxygen atoms in total. The highest BCUT2D eigenvalue weighted by atomic mass is 16.1. The summed E-state index contributed by atoms with van der Waals surface area (Å²) in [5, 5.41) is 21.2. The molecule has 0 bridgehead atoms. The minimum Gasteiger partial charge on any atom is -0.371 e. The van der Waals surface area contributed by atoms with Crippen LogP contribution in [0.5, 0.6) is 0 Å². The summed E-state index contributed by atoms with van der Waals surface area (Å²) in [5.41, 5.74) is 3.35. The number of aromatic nitrogens is 2. The maximum Gasteiger partial charge on any atom is 0.244 e. The van der Waals surface area contributed by atoms with Crippen LogP contribution in [0.2, 0.25) is 0 Å². The molecule has 0 spiro atoms. The summed E-state index contributed by atoms with van der Waals surface area (Å²) in [6.45, 7) is 12.0. The Kier molecular flexibility index (Phi) is 10.9. The third-order valence-electron chi connectivity index (χ3n) is 6.61. The first-order valence-electron chi connectivity index (χ1n) is 13.5. The van der Waals surface area contributed by atoms with Crippen molar-refractivity contribution in [2.45, 2.75) is 45.7 Å². The van der Waals surface area contributed by atoms with Crippen molar-refractivity contribution < 1.29 is 9.59 Å². The fourth-order valence-electron chi connectivity index (χ4n) is 4.61. The van der Waals surface area contributed by atoms with Crippen LogP contribution in [0.1, 0.15) is 42.6 Å². The molecule has 1 aromatic heterocycles. The van der Waals surface area contributed by atoms with E-state index in [0.717, 1.165) is 37.2 Å². The lowest BCUT2D eigenvalue weighted by atomic mass is 10.0. The van der Waals surface area contributed by atoms with Gasteiger partial charge in [-0.15, -0.1) is 6.58 Å². The molecule has 1 fully saturated rings. The van der Waals surface area contributed by atoms with Crippen LogP contribution in [0, 0.1) is 12.3 Å². The van der Waals surface area contributed by atoms with Crippen LogP contribution in [0.4, 0.5) is 23.1 Å². The third kappa shape index (κ3) is 7.96. The number of piperidine rings is 1. The Bertz CT molecular complexity index is 1240. The van der Waals surface area contributed by atoms with Crippen LogP contribution in [0.3, 0.4) is 0 Å². The summed E-state index contributed by atoms with van der Waals surface area (Å²) in [7, 11) is 3.76. The summed E-state index contributed by atoms with van der Waals surface area (Å²) < 4.78 is 0. The molecule has 0 atom stereocenters. The van der Waals surface area contributed by atoms with Gasteiger partial charge in [-0.3, -0.25) is 15.0 Å². The Morgan fingerprint density at radius 2 is 2.00 bits per heavy atom. The maximum atomic E-state index is 12.1. The fraction of sp³-hybridized carbons (Fsp3) is 0.414. The van der Waals surface area contributed by atoms with E-state index in [2.05, 4.69) is 56.5 Å². The van der Waals surface area contributed by atoms with Crippen LogP contribution in [0.15, 0.2) is 49.2 Å². The number of amides is 1. The summed E-state index contributed by atoms with van der Waals surface area (Å²) in [6.07, 6.45) is 8.60. The summed E-state index contributed by atoms with van der Waals surface area (Å²) >= 11 is 0. The van der Waals surface area contributed by atoms with E-state index in [1.807, 2.05) is 27.0 Å². The van der Waals surface area contributed by atoms with Gasteiger partial charge in [0.1, 0.15) is 5.84 Å². The van der Waals surface area contributed by atoms with E-state index in [9.17, 15) is 9.59 Å². The number of aryl methyl sites for hydroxylation is 1. The molecule has 1 aliphatic heterocycles. The molecule has 1 amide bonds. The van der Waals surface area contributed by atoms with Crippen molar-refractivity contribution in [1.29, 1.82) is 5.41 Å². The molecule has 2 heterocycles. The normalized spacial score (nSPS) is 14.0. The number of carbonyl (C=O) groups is 2. The number of hydrogen-bond acceptors (Lipinski definition) is 9. The van der Waals surface area contributed by atoms with Gasteiger partial charge in [0.25, 0.3) is 0 Å². The molecule has 0 radical (unpaired) electrons. The van der Waals surface area contributed by atoms with Gasteiger partial charge >= 0.3 is 0 Å². The number of aldehydes is 1. The van der Waals surface area contributed by atoms with Crippen LogP contribution >= 0.6 is 0 Å². The zero-order valence-electron chi connectivity index (χ0n) is 24.1. The summed E-state index contributed by atoms with van der Waals surface area (Å²) in [5.74, 6) is 0.0978. The number of nitrogens with one attached hydrogen (secondary N) is 4. The topological polar surface area (TPSA) is 130 Å². The van der Waals surface area contributed by atoms with Gasteiger partial charge in [0.2, 0.25) is 11.9 Å². The predicted octanol–water partition coefficient (Wildman–Crippen LogP) is 3.43. The van der Waals surface area contributed by atoms with Crippen LogP contribution in [-0.4, -0.2) is 78.8 Å². The van der Waals surface area contributed by atoms with E-state index < -0.39 is 0 Å². The lowest BCUT2D eigenvalue weighted by Crippen LogP contribution is -2.45. The Hall–Kier alpha value is -4.09. The Morgan fingerprint density at radius 1 is 1.27 bits per heavy atom. The smallest absolute Gasteiger partial charge is 0.244 e. The van der Waals surface area contributed by atoms with E-state index in [0.29, 0.717) is 18.9 Å². The largest absolute Gasteiger partial charge is 0.371 e. The van der Waals surface area contributed by atoms with Crippen molar-refractivity contribution in [2.75, 3.05) is 49.0 Å². The molecule has 3 rings (SSSR count). The Labute approximate surface area is 236 Å². The molecular formula is C29H41N9O2. The van der Waals surface area contributed by atoms with E-state index in [1.54, 1.807) is 18.1 Å². The number of rotatable bonds is 12. The lowest BCUT2D eigenvalue weighted by molar-refractivity contribution is -0.116. The summed E-state index contributed by atoms with van der Waals surface area (Å²) in [4.78, 5) is 35.4. The zero-order valence-corrected chi connectivity index (χ0v) is 24.1. The number of anilines is 4. The number of amidine groups is 1. The van der Waals surface area contributed by atoms with Gasteiger partial charge in [0.05, 0.1) is 5.56 Å². The number of benzene rings is 1. The van der Waals surface area contributed by atoms with Gasteiger partial charge in [0.15, 0.2) is 12.1 Å². The molecule has 11 heteroatoms. The van der Waals surface area contributed by atoms with E-state index in [1.165, 1.54) is 29.0 Å². The molecule has 0 unspecified atom stereocenters. The van der Waals surface area contributed by atoms with Gasteiger partial charge < -0.3 is 20.9 Å². The average Bonchev–Trinajstić information content (AvgIpc) is 2.92. The minimum absolute atomic E-state index is 0.0358. The van der Waals surface area contributed by atoms with Crippen molar-refractivity contribution in [3.63, 3.8) is 0 Å². The number of nitrogens with zero attached hydrogens (tertiary/aromatic N) is 5. The molecule has 0 aliphatic carbocycles. The van der Waals surface area contributed by atoms with Gasteiger partial charge in [-0.25, -0.2) is 15.0 Å². The van der Waals surface area contributed by atoms with E-state index in [-0.39, 0.29) is 35.1 Å². The zero-order chi connectivity index (χ0) is 29.2. The summed E-state index contributed by atoms with van der Waals surface area (Å²) in [6, 6.07) is 6.67. The van der Waals surface area contributed by atoms with E-state index >= 15 is 0 Å². The second-order valence-corrected chi connectivity index (χ2v) is 10.1. The minimum atomic E-state index is -0.322. The van der Waals surface area contributed by atoms with Crippen molar-refractivity contribution >= 4 is 41.2 Å². The first-order valence-corrected chi connectivity index (χ1v) is 13.5. The molecule has 40 heavy (non-hydrogen) atoms. The molecular weight excluding hydrogens is 506 g/mol. The molecule has 0 saturated carbocycles. The number of likely N-dealkylation sites (N-methyl/N-ethyl adjacent to an activating group) is 1. The van der Waals surface area contributed by atoms with Gasteiger partial charge in [-0.2, -0.15) is 4.98 Å². The van der Waals surface area contributed by atoms with Crippen molar-refractivity contribution in [3.05, 3.63) is 60.3 Å².